The van der Waals surface area contributed by atoms with Crippen molar-refractivity contribution < 1.29 is 9.59 Å². The number of benzene rings is 1. The van der Waals surface area contributed by atoms with E-state index in [1.165, 1.54) is 5.56 Å². The molecule has 1 aromatic rings. The lowest BCUT2D eigenvalue weighted by atomic mass is 9.93. The van der Waals surface area contributed by atoms with E-state index in [4.69, 9.17) is 0 Å². The monoisotopic (exact) mass is 399 g/mol. The summed E-state index contributed by atoms with van der Waals surface area (Å²) in [6.45, 7) is 8.57. The van der Waals surface area contributed by atoms with Crippen LogP contribution in [0.5, 0.6) is 0 Å². The molecular weight excluding hydrogens is 362 g/mol. The van der Waals surface area contributed by atoms with Gasteiger partial charge in [0.25, 0.3) is 0 Å². The Labute approximate surface area is 175 Å². The first-order valence-corrected chi connectivity index (χ1v) is 11.4. The normalized spacial score (nSPS) is 21.3. The summed E-state index contributed by atoms with van der Waals surface area (Å²) in [4.78, 5) is 29.5. The summed E-state index contributed by atoms with van der Waals surface area (Å²) in [6, 6.07) is 10.8. The molecule has 5 heteroatoms. The summed E-state index contributed by atoms with van der Waals surface area (Å²) in [6.07, 6.45) is 5.67. The zero-order valence-corrected chi connectivity index (χ0v) is 18.1. The first-order valence-electron chi connectivity index (χ1n) is 11.4. The number of likely N-dealkylation sites (tertiary alicyclic amines) is 2. The summed E-state index contributed by atoms with van der Waals surface area (Å²) in [5.41, 5.74) is 1.26. The summed E-state index contributed by atoms with van der Waals surface area (Å²) in [7, 11) is 0. The van der Waals surface area contributed by atoms with E-state index in [9.17, 15) is 9.59 Å². The number of hydrogen-bond donors (Lipinski definition) is 1. The fraction of sp³-hybridized carbons (Fsp3) is 0.667. The molecule has 0 bridgehead atoms. The number of carbonyl (C=O) groups excluding carboxylic acids is 2. The molecule has 2 aliphatic rings. The van der Waals surface area contributed by atoms with Gasteiger partial charge in [-0.1, -0.05) is 44.2 Å². The Hall–Kier alpha value is -1.88. The molecule has 29 heavy (non-hydrogen) atoms. The highest BCUT2D eigenvalue weighted by molar-refractivity contribution is 5.79. The molecule has 0 saturated carbocycles. The van der Waals surface area contributed by atoms with Crippen molar-refractivity contribution in [3.8, 4) is 0 Å². The molecule has 2 amide bonds. The van der Waals surface area contributed by atoms with Crippen molar-refractivity contribution in [2.24, 2.45) is 11.8 Å². The number of rotatable bonds is 7. The van der Waals surface area contributed by atoms with E-state index in [-0.39, 0.29) is 11.8 Å². The van der Waals surface area contributed by atoms with Crippen molar-refractivity contribution in [3.63, 3.8) is 0 Å². The van der Waals surface area contributed by atoms with Crippen molar-refractivity contribution in [2.45, 2.75) is 58.4 Å². The summed E-state index contributed by atoms with van der Waals surface area (Å²) in [5, 5.41) is 3.15. The maximum atomic E-state index is 12.7. The Morgan fingerprint density at radius 1 is 1.07 bits per heavy atom. The van der Waals surface area contributed by atoms with E-state index in [0.717, 1.165) is 58.3 Å². The van der Waals surface area contributed by atoms with Crippen LogP contribution in [0.15, 0.2) is 30.3 Å². The van der Waals surface area contributed by atoms with Gasteiger partial charge < -0.3 is 10.2 Å². The number of hydrogen-bond acceptors (Lipinski definition) is 3. The third-order valence-corrected chi connectivity index (χ3v) is 6.30. The van der Waals surface area contributed by atoms with E-state index in [2.05, 4.69) is 36.2 Å². The second-order valence-corrected chi connectivity index (χ2v) is 9.07. The molecule has 2 saturated heterocycles. The lowest BCUT2D eigenvalue weighted by molar-refractivity contribution is -0.133. The van der Waals surface area contributed by atoms with E-state index in [0.29, 0.717) is 30.8 Å². The van der Waals surface area contributed by atoms with Crippen molar-refractivity contribution >= 4 is 11.8 Å². The number of nitrogens with zero attached hydrogens (tertiary/aromatic N) is 2. The van der Waals surface area contributed by atoms with Crippen molar-refractivity contribution in [1.29, 1.82) is 0 Å². The van der Waals surface area contributed by atoms with Gasteiger partial charge >= 0.3 is 0 Å². The van der Waals surface area contributed by atoms with Crippen LogP contribution in [0.3, 0.4) is 0 Å². The van der Waals surface area contributed by atoms with Crippen LogP contribution in [0.2, 0.25) is 0 Å². The highest BCUT2D eigenvalue weighted by Gasteiger charge is 2.32. The van der Waals surface area contributed by atoms with E-state index in [1.807, 2.05) is 23.1 Å². The molecule has 1 aromatic carbocycles. The lowest BCUT2D eigenvalue weighted by Crippen LogP contribution is -2.51. The molecule has 2 fully saturated rings. The second-order valence-electron chi connectivity index (χ2n) is 9.07. The molecule has 1 N–H and O–H groups in total. The quantitative estimate of drug-likeness (QED) is 0.767. The van der Waals surface area contributed by atoms with Gasteiger partial charge in [-0.3, -0.25) is 14.5 Å². The van der Waals surface area contributed by atoms with Crippen LogP contribution in [0.1, 0.15) is 51.5 Å². The fourth-order valence-electron chi connectivity index (χ4n) is 4.63. The van der Waals surface area contributed by atoms with Crippen LogP contribution in [0.4, 0.5) is 0 Å². The van der Waals surface area contributed by atoms with Gasteiger partial charge in [-0.2, -0.15) is 0 Å². The molecular formula is C24H37N3O2. The van der Waals surface area contributed by atoms with Gasteiger partial charge in [-0.05, 0) is 50.1 Å². The predicted molar refractivity (Wildman–Crippen MR) is 117 cm³/mol. The van der Waals surface area contributed by atoms with Gasteiger partial charge in [-0.25, -0.2) is 0 Å². The second kappa shape index (κ2) is 10.8. The number of nitrogens with one attached hydrogen (secondary N) is 1. The van der Waals surface area contributed by atoms with E-state index >= 15 is 0 Å². The Kier molecular flexibility index (Phi) is 8.10. The van der Waals surface area contributed by atoms with Gasteiger partial charge in [0.15, 0.2) is 0 Å². The molecule has 1 atom stereocenters. The Balaban J connectivity index is 1.41. The van der Waals surface area contributed by atoms with Gasteiger partial charge in [0, 0.05) is 38.6 Å². The molecule has 160 valence electrons. The minimum Gasteiger partial charge on any atom is -0.355 e. The molecule has 0 spiro atoms. The minimum atomic E-state index is 0.0973. The summed E-state index contributed by atoms with van der Waals surface area (Å²) in [5.74, 6) is 1.02. The highest BCUT2D eigenvalue weighted by atomic mass is 16.2. The largest absolute Gasteiger partial charge is 0.355 e. The highest BCUT2D eigenvalue weighted by Crippen LogP contribution is 2.24. The smallest absolute Gasteiger partial charge is 0.224 e. The van der Waals surface area contributed by atoms with Crippen LogP contribution in [0.25, 0.3) is 0 Å². The average Bonchev–Trinajstić information content (AvgIpc) is 2.74. The van der Waals surface area contributed by atoms with Gasteiger partial charge in [-0.15, -0.1) is 0 Å². The predicted octanol–water partition coefficient (Wildman–Crippen LogP) is 3.09. The van der Waals surface area contributed by atoms with Crippen LogP contribution >= 0.6 is 0 Å². The topological polar surface area (TPSA) is 52.7 Å². The molecule has 5 nitrogen and oxygen atoms in total. The summed E-state index contributed by atoms with van der Waals surface area (Å²) >= 11 is 0. The Bertz CT molecular complexity index is 653. The third-order valence-electron chi connectivity index (χ3n) is 6.30. The third kappa shape index (κ3) is 6.56. The molecule has 0 radical (unpaired) electrons. The first-order chi connectivity index (χ1) is 14.0. The Morgan fingerprint density at radius 2 is 1.79 bits per heavy atom. The molecule has 2 heterocycles. The molecule has 0 aromatic heterocycles. The van der Waals surface area contributed by atoms with Crippen LogP contribution in [-0.4, -0.2) is 60.4 Å². The number of amides is 2. The van der Waals surface area contributed by atoms with Gasteiger partial charge in [0.05, 0.1) is 5.92 Å². The molecule has 2 aliphatic heterocycles. The number of piperidine rings is 2. The van der Waals surface area contributed by atoms with Crippen LogP contribution < -0.4 is 5.32 Å². The zero-order valence-electron chi connectivity index (χ0n) is 18.1. The SMILES string of the molecule is CC(C)CC(=O)N1CCC(N2CCCC(C(=O)NCCc3ccccc3)C2)CC1. The van der Waals surface area contributed by atoms with Crippen molar-refractivity contribution in [1.82, 2.24) is 15.1 Å². The van der Waals surface area contributed by atoms with E-state index < -0.39 is 0 Å². The molecule has 0 aliphatic carbocycles. The first kappa shape index (κ1) is 21.8. The summed E-state index contributed by atoms with van der Waals surface area (Å²) < 4.78 is 0. The minimum absolute atomic E-state index is 0.0973. The van der Waals surface area contributed by atoms with Crippen LogP contribution in [-0.2, 0) is 16.0 Å². The molecule has 3 rings (SSSR count). The lowest BCUT2D eigenvalue weighted by Gasteiger charge is -2.42. The number of carbonyl (C=O) groups is 2. The Morgan fingerprint density at radius 3 is 2.48 bits per heavy atom. The standard InChI is InChI=1S/C24H37N3O2/c1-19(2)17-23(28)26-15-11-22(12-16-26)27-14-6-9-21(18-27)24(29)25-13-10-20-7-4-3-5-8-20/h3-5,7-8,19,21-22H,6,9-18H2,1-2H3,(H,25,29). The van der Waals surface area contributed by atoms with E-state index in [1.54, 1.807) is 0 Å². The average molecular weight is 400 g/mol. The van der Waals surface area contributed by atoms with Gasteiger partial charge in [0.1, 0.15) is 0 Å². The van der Waals surface area contributed by atoms with Crippen molar-refractivity contribution in [2.75, 3.05) is 32.7 Å². The van der Waals surface area contributed by atoms with Gasteiger partial charge in [0.2, 0.25) is 11.8 Å². The maximum Gasteiger partial charge on any atom is 0.224 e. The zero-order chi connectivity index (χ0) is 20.6. The maximum absolute atomic E-state index is 12.7. The van der Waals surface area contributed by atoms with Crippen LogP contribution in [0, 0.1) is 11.8 Å². The molecule has 1 unspecified atom stereocenters. The fourth-order valence-corrected chi connectivity index (χ4v) is 4.63. The van der Waals surface area contributed by atoms with Crippen molar-refractivity contribution in [3.05, 3.63) is 35.9 Å².